The number of anilines is 1. The summed E-state index contributed by atoms with van der Waals surface area (Å²) in [5.74, 6) is 0.267. The van der Waals surface area contributed by atoms with Gasteiger partial charge in [0, 0.05) is 31.0 Å². The lowest BCUT2D eigenvalue weighted by Gasteiger charge is -2.49. The molecular formula is C27H38N6O2. The Labute approximate surface area is 208 Å². The average Bonchev–Trinajstić information content (AvgIpc) is 2.82. The van der Waals surface area contributed by atoms with Crippen molar-refractivity contribution >= 4 is 17.9 Å². The Kier molecular flexibility index (Phi) is 7.40. The van der Waals surface area contributed by atoms with Crippen LogP contribution < -0.4 is 16.0 Å². The Balaban J connectivity index is 1.52. The van der Waals surface area contributed by atoms with E-state index in [-0.39, 0.29) is 22.5 Å². The standard InChI is InChI=1S/C27H38N6O2/c1-26(12-14-27(15-13-26,32(2)3)22-10-5-4-6-11-22)19-33(25(35)31-16-20-8-7-9-20)24-29-17-21(18-30-24)23(28)34/h4-6,10-11,17-18,20H,7-9,12-16,19H2,1-3H3,(H2,28,34)(H,31,35). The molecule has 1 aromatic carbocycles. The maximum atomic E-state index is 13.3. The van der Waals surface area contributed by atoms with Gasteiger partial charge in [-0.2, -0.15) is 0 Å². The Morgan fingerprint density at radius 3 is 2.20 bits per heavy atom. The molecule has 8 nitrogen and oxygen atoms in total. The van der Waals surface area contributed by atoms with Crippen LogP contribution in [-0.4, -0.2) is 54.0 Å². The van der Waals surface area contributed by atoms with Crippen molar-refractivity contribution in [3.8, 4) is 0 Å². The molecule has 1 aromatic heterocycles. The molecule has 2 aliphatic carbocycles. The number of benzene rings is 1. The van der Waals surface area contributed by atoms with Gasteiger partial charge in [0.25, 0.3) is 5.91 Å². The predicted molar refractivity (Wildman–Crippen MR) is 137 cm³/mol. The molecule has 3 amide bonds. The first-order valence-corrected chi connectivity index (χ1v) is 12.6. The predicted octanol–water partition coefficient (Wildman–Crippen LogP) is 3.93. The first kappa shape index (κ1) is 25.1. The van der Waals surface area contributed by atoms with Gasteiger partial charge in [-0.25, -0.2) is 14.8 Å². The first-order chi connectivity index (χ1) is 16.7. The molecule has 3 N–H and O–H groups in total. The molecule has 2 aliphatic rings. The fourth-order valence-electron chi connectivity index (χ4n) is 5.39. The molecule has 8 heteroatoms. The zero-order valence-electron chi connectivity index (χ0n) is 21.2. The molecule has 0 bridgehead atoms. The summed E-state index contributed by atoms with van der Waals surface area (Å²) >= 11 is 0. The van der Waals surface area contributed by atoms with Crippen LogP contribution in [-0.2, 0) is 5.54 Å². The Morgan fingerprint density at radius 2 is 1.69 bits per heavy atom. The van der Waals surface area contributed by atoms with Crippen molar-refractivity contribution in [3.05, 3.63) is 53.9 Å². The van der Waals surface area contributed by atoms with Gasteiger partial charge in [0.2, 0.25) is 5.95 Å². The molecule has 2 fully saturated rings. The van der Waals surface area contributed by atoms with Crippen LogP contribution >= 0.6 is 0 Å². The van der Waals surface area contributed by atoms with Gasteiger partial charge >= 0.3 is 6.03 Å². The average molecular weight is 479 g/mol. The maximum absolute atomic E-state index is 13.3. The fourth-order valence-corrected chi connectivity index (χ4v) is 5.39. The van der Waals surface area contributed by atoms with Crippen molar-refractivity contribution in [1.82, 2.24) is 20.2 Å². The molecule has 0 spiro atoms. The molecule has 0 atom stereocenters. The molecule has 0 radical (unpaired) electrons. The molecule has 2 aromatic rings. The highest BCUT2D eigenvalue weighted by atomic mass is 16.2. The number of hydrogen-bond donors (Lipinski definition) is 2. The van der Waals surface area contributed by atoms with Crippen molar-refractivity contribution in [2.75, 3.05) is 32.1 Å². The number of carbonyl (C=O) groups is 2. The minimum Gasteiger partial charge on any atom is -0.366 e. The number of rotatable bonds is 8. The van der Waals surface area contributed by atoms with Gasteiger partial charge in [-0.05, 0) is 69.5 Å². The summed E-state index contributed by atoms with van der Waals surface area (Å²) in [5, 5.41) is 3.09. The van der Waals surface area contributed by atoms with E-state index in [4.69, 9.17) is 5.73 Å². The normalized spacial score (nSPS) is 24.6. The molecule has 35 heavy (non-hydrogen) atoms. The summed E-state index contributed by atoms with van der Waals surface area (Å²) in [4.78, 5) is 37.4. The van der Waals surface area contributed by atoms with Crippen LogP contribution in [0.25, 0.3) is 0 Å². The number of nitrogens with zero attached hydrogens (tertiary/aromatic N) is 4. The third kappa shape index (κ3) is 5.48. The zero-order valence-corrected chi connectivity index (χ0v) is 21.2. The Hall–Kier alpha value is -3.00. The van der Waals surface area contributed by atoms with E-state index in [9.17, 15) is 9.59 Å². The van der Waals surface area contributed by atoms with E-state index in [2.05, 4.69) is 71.5 Å². The van der Waals surface area contributed by atoms with Gasteiger partial charge in [0.15, 0.2) is 0 Å². The van der Waals surface area contributed by atoms with Gasteiger partial charge < -0.3 is 11.1 Å². The summed E-state index contributed by atoms with van der Waals surface area (Å²) in [5.41, 5.74) is 6.82. The first-order valence-electron chi connectivity index (χ1n) is 12.6. The number of primary amides is 1. The van der Waals surface area contributed by atoms with Gasteiger partial charge in [0.05, 0.1) is 5.56 Å². The number of aromatic nitrogens is 2. The van der Waals surface area contributed by atoms with E-state index in [1.807, 2.05) is 0 Å². The second kappa shape index (κ2) is 10.3. The molecule has 1 heterocycles. The minimum atomic E-state index is -0.585. The molecule has 0 aliphatic heterocycles. The zero-order chi connectivity index (χ0) is 25.1. The molecule has 0 unspecified atom stereocenters. The number of carbonyl (C=O) groups excluding carboxylic acids is 2. The van der Waals surface area contributed by atoms with E-state index in [0.717, 1.165) is 38.5 Å². The van der Waals surface area contributed by atoms with Gasteiger partial charge in [-0.1, -0.05) is 43.7 Å². The van der Waals surface area contributed by atoms with Gasteiger partial charge in [-0.3, -0.25) is 14.6 Å². The van der Waals surface area contributed by atoms with Crippen molar-refractivity contribution in [1.29, 1.82) is 0 Å². The number of nitrogens with two attached hydrogens (primary N) is 1. The number of nitrogens with one attached hydrogen (secondary N) is 1. The maximum Gasteiger partial charge on any atom is 0.324 e. The summed E-state index contributed by atoms with van der Waals surface area (Å²) in [6.07, 6.45) is 10.3. The summed E-state index contributed by atoms with van der Waals surface area (Å²) in [6.45, 7) is 3.43. The lowest BCUT2D eigenvalue weighted by Crippen LogP contribution is -2.51. The van der Waals surface area contributed by atoms with Gasteiger partial charge in [-0.15, -0.1) is 0 Å². The Morgan fingerprint density at radius 1 is 1.06 bits per heavy atom. The highest BCUT2D eigenvalue weighted by molar-refractivity contribution is 5.93. The van der Waals surface area contributed by atoms with Crippen molar-refractivity contribution < 1.29 is 9.59 Å². The van der Waals surface area contributed by atoms with E-state index < -0.39 is 5.91 Å². The third-order valence-corrected chi connectivity index (χ3v) is 8.17. The molecule has 0 saturated heterocycles. The molecule has 188 valence electrons. The van der Waals surface area contributed by atoms with Crippen molar-refractivity contribution in [2.45, 2.75) is 57.4 Å². The van der Waals surface area contributed by atoms with Crippen LogP contribution in [0.5, 0.6) is 0 Å². The van der Waals surface area contributed by atoms with Crippen molar-refractivity contribution in [3.63, 3.8) is 0 Å². The van der Waals surface area contributed by atoms with Crippen LogP contribution in [0, 0.1) is 11.3 Å². The second-order valence-corrected chi connectivity index (χ2v) is 10.8. The second-order valence-electron chi connectivity index (χ2n) is 10.8. The van der Waals surface area contributed by atoms with Crippen LogP contribution in [0.1, 0.15) is 67.8 Å². The highest BCUT2D eigenvalue weighted by Crippen LogP contribution is 2.48. The Bertz CT molecular complexity index is 1010. The largest absolute Gasteiger partial charge is 0.366 e. The topological polar surface area (TPSA) is 104 Å². The number of urea groups is 1. The molecule has 2 saturated carbocycles. The van der Waals surface area contributed by atoms with E-state index >= 15 is 0 Å². The van der Waals surface area contributed by atoms with Crippen LogP contribution in [0.4, 0.5) is 10.7 Å². The summed E-state index contributed by atoms with van der Waals surface area (Å²) < 4.78 is 0. The van der Waals surface area contributed by atoms with Gasteiger partial charge in [0.1, 0.15) is 0 Å². The van der Waals surface area contributed by atoms with Crippen LogP contribution in [0.2, 0.25) is 0 Å². The summed E-state index contributed by atoms with van der Waals surface area (Å²) in [7, 11) is 4.31. The minimum absolute atomic E-state index is 0.0162. The van der Waals surface area contributed by atoms with E-state index in [1.54, 1.807) is 4.90 Å². The quantitative estimate of drug-likeness (QED) is 0.598. The smallest absolute Gasteiger partial charge is 0.324 e. The van der Waals surface area contributed by atoms with Crippen LogP contribution in [0.3, 0.4) is 0 Å². The monoisotopic (exact) mass is 478 g/mol. The number of amides is 3. The number of hydrogen-bond acceptors (Lipinski definition) is 5. The highest BCUT2D eigenvalue weighted by Gasteiger charge is 2.44. The third-order valence-electron chi connectivity index (χ3n) is 8.17. The van der Waals surface area contributed by atoms with Crippen LogP contribution in [0.15, 0.2) is 42.7 Å². The summed E-state index contributed by atoms with van der Waals surface area (Å²) in [6, 6.07) is 10.5. The van der Waals surface area contributed by atoms with E-state index in [1.165, 1.54) is 24.4 Å². The lowest BCUT2D eigenvalue weighted by molar-refractivity contribution is 0.0457. The molecule has 4 rings (SSSR count). The molecular weight excluding hydrogens is 440 g/mol. The fraction of sp³-hybridized carbons (Fsp3) is 0.556. The lowest BCUT2D eigenvalue weighted by atomic mass is 9.65. The van der Waals surface area contributed by atoms with E-state index in [0.29, 0.717) is 25.0 Å². The van der Waals surface area contributed by atoms with Crippen molar-refractivity contribution in [2.24, 2.45) is 17.1 Å². The SMILES string of the molecule is CN(C)C1(c2ccccc2)CCC(C)(CN(C(=O)NCC2CCC2)c2ncc(C(N)=O)cn2)CC1.